The van der Waals surface area contributed by atoms with E-state index in [-0.39, 0.29) is 28.6 Å². The van der Waals surface area contributed by atoms with Crippen LogP contribution in [0.5, 0.6) is 0 Å². The number of hydrogen-bond acceptors (Lipinski definition) is 3. The molecular formula is C20H25N5O2. The van der Waals surface area contributed by atoms with Crippen LogP contribution in [0.25, 0.3) is 10.9 Å². The second kappa shape index (κ2) is 7.65. The minimum absolute atomic E-state index is 0.0442. The number of benzene rings is 1. The average molecular weight is 367 g/mol. The molecule has 0 unspecified atom stereocenters. The van der Waals surface area contributed by atoms with Gasteiger partial charge in [-0.25, -0.2) is 4.98 Å². The highest BCUT2D eigenvalue weighted by Gasteiger charge is 2.21. The highest BCUT2D eigenvalue weighted by atomic mass is 16.2. The van der Waals surface area contributed by atoms with E-state index in [0.717, 1.165) is 16.5 Å². The Bertz CT molecular complexity index is 949. The second-order valence-electron chi connectivity index (χ2n) is 7.73. The van der Waals surface area contributed by atoms with Crippen molar-refractivity contribution in [2.24, 2.45) is 5.41 Å². The van der Waals surface area contributed by atoms with E-state index in [0.29, 0.717) is 19.5 Å². The van der Waals surface area contributed by atoms with Crippen LogP contribution in [-0.2, 0) is 6.42 Å². The Hall–Kier alpha value is -3.09. The van der Waals surface area contributed by atoms with Crippen LogP contribution in [-0.4, -0.2) is 39.9 Å². The third-order valence-corrected chi connectivity index (χ3v) is 4.22. The Morgan fingerprint density at radius 2 is 1.85 bits per heavy atom. The molecule has 7 nitrogen and oxygen atoms in total. The quantitative estimate of drug-likeness (QED) is 0.538. The number of H-pyrrole nitrogens is 2. The molecule has 0 aliphatic carbocycles. The number of rotatable bonds is 6. The SMILES string of the molecule is CC(C)(C)CNC(=O)c1[nH]cnc1C(=O)NCCc1c[nH]c2ccccc12. The van der Waals surface area contributed by atoms with Gasteiger partial charge in [0.25, 0.3) is 11.8 Å². The van der Waals surface area contributed by atoms with Gasteiger partial charge >= 0.3 is 0 Å². The predicted molar refractivity (Wildman–Crippen MR) is 105 cm³/mol. The number of para-hydroxylation sites is 1. The number of hydrogen-bond donors (Lipinski definition) is 4. The fraction of sp³-hybridized carbons (Fsp3) is 0.350. The number of aromatic nitrogens is 3. The van der Waals surface area contributed by atoms with Gasteiger partial charge in [0.05, 0.1) is 6.33 Å². The number of carbonyl (C=O) groups is 2. The van der Waals surface area contributed by atoms with Gasteiger partial charge in [0.2, 0.25) is 0 Å². The first-order valence-electron chi connectivity index (χ1n) is 9.00. The number of nitrogens with one attached hydrogen (secondary N) is 4. The van der Waals surface area contributed by atoms with E-state index >= 15 is 0 Å². The third-order valence-electron chi connectivity index (χ3n) is 4.22. The van der Waals surface area contributed by atoms with E-state index in [2.05, 4.69) is 25.6 Å². The Kier molecular flexibility index (Phi) is 5.30. The first kappa shape index (κ1) is 18.7. The fourth-order valence-electron chi connectivity index (χ4n) is 2.81. The molecule has 0 saturated heterocycles. The minimum atomic E-state index is -0.364. The second-order valence-corrected chi connectivity index (χ2v) is 7.73. The topological polar surface area (TPSA) is 103 Å². The molecule has 0 aliphatic heterocycles. The monoisotopic (exact) mass is 367 g/mol. The van der Waals surface area contributed by atoms with Gasteiger partial charge in [-0.05, 0) is 23.5 Å². The van der Waals surface area contributed by atoms with Crippen molar-refractivity contribution in [3.8, 4) is 0 Å². The Morgan fingerprint density at radius 1 is 1.07 bits per heavy atom. The summed E-state index contributed by atoms with van der Waals surface area (Å²) < 4.78 is 0. The van der Waals surface area contributed by atoms with Gasteiger partial charge in [-0.2, -0.15) is 0 Å². The van der Waals surface area contributed by atoms with Crippen molar-refractivity contribution in [2.45, 2.75) is 27.2 Å². The molecule has 2 amide bonds. The lowest BCUT2D eigenvalue weighted by Gasteiger charge is -2.18. The zero-order chi connectivity index (χ0) is 19.4. The van der Waals surface area contributed by atoms with Crippen LogP contribution in [0.4, 0.5) is 0 Å². The average Bonchev–Trinajstić information content (AvgIpc) is 3.26. The molecule has 4 N–H and O–H groups in total. The molecule has 142 valence electrons. The number of fused-ring (bicyclic) bond motifs is 1. The molecule has 7 heteroatoms. The summed E-state index contributed by atoms with van der Waals surface area (Å²) >= 11 is 0. The molecule has 3 rings (SSSR count). The molecule has 2 aromatic heterocycles. The van der Waals surface area contributed by atoms with Crippen LogP contribution in [0.3, 0.4) is 0 Å². The van der Waals surface area contributed by atoms with E-state index in [4.69, 9.17) is 0 Å². The summed E-state index contributed by atoms with van der Waals surface area (Å²) in [5.41, 5.74) is 2.46. The van der Waals surface area contributed by atoms with Crippen molar-refractivity contribution in [3.63, 3.8) is 0 Å². The molecule has 0 bridgehead atoms. The van der Waals surface area contributed by atoms with E-state index in [9.17, 15) is 9.59 Å². The molecule has 0 aliphatic rings. The van der Waals surface area contributed by atoms with Gasteiger partial charge in [0, 0.05) is 30.2 Å². The molecule has 0 radical (unpaired) electrons. The van der Waals surface area contributed by atoms with E-state index in [1.807, 2.05) is 51.2 Å². The van der Waals surface area contributed by atoms with Crippen LogP contribution in [0.1, 0.15) is 47.3 Å². The van der Waals surface area contributed by atoms with Gasteiger partial charge in [0.1, 0.15) is 5.69 Å². The van der Waals surface area contributed by atoms with Gasteiger partial charge in [-0.1, -0.05) is 39.0 Å². The fourth-order valence-corrected chi connectivity index (χ4v) is 2.81. The summed E-state index contributed by atoms with van der Waals surface area (Å²) in [6.07, 6.45) is 4.00. The lowest BCUT2D eigenvalue weighted by atomic mass is 9.97. The van der Waals surface area contributed by atoms with E-state index in [1.165, 1.54) is 6.33 Å². The lowest BCUT2D eigenvalue weighted by molar-refractivity contribution is 0.0906. The summed E-state index contributed by atoms with van der Waals surface area (Å²) in [7, 11) is 0. The van der Waals surface area contributed by atoms with E-state index < -0.39 is 0 Å². The van der Waals surface area contributed by atoms with Crippen LogP contribution >= 0.6 is 0 Å². The maximum Gasteiger partial charge on any atom is 0.272 e. The number of imidazole rings is 1. The van der Waals surface area contributed by atoms with Crippen molar-refractivity contribution in [3.05, 3.63) is 53.7 Å². The molecule has 27 heavy (non-hydrogen) atoms. The molecule has 1 aromatic carbocycles. The largest absolute Gasteiger partial charge is 0.361 e. The van der Waals surface area contributed by atoms with Crippen LogP contribution in [0.15, 0.2) is 36.8 Å². The van der Waals surface area contributed by atoms with Gasteiger partial charge in [-0.3, -0.25) is 9.59 Å². The summed E-state index contributed by atoms with van der Waals surface area (Å²) in [5.74, 6) is -0.693. The zero-order valence-corrected chi connectivity index (χ0v) is 15.8. The smallest absolute Gasteiger partial charge is 0.272 e. The maximum atomic E-state index is 12.4. The number of aromatic amines is 2. The normalized spacial score (nSPS) is 11.5. The van der Waals surface area contributed by atoms with E-state index in [1.54, 1.807) is 0 Å². The highest BCUT2D eigenvalue weighted by Crippen LogP contribution is 2.17. The predicted octanol–water partition coefficient (Wildman–Crippen LogP) is 2.64. The maximum absolute atomic E-state index is 12.4. The molecule has 0 spiro atoms. The first-order chi connectivity index (χ1) is 12.8. The van der Waals surface area contributed by atoms with Gasteiger partial charge in [0.15, 0.2) is 5.69 Å². The summed E-state index contributed by atoms with van der Waals surface area (Å²) in [4.78, 5) is 34.8. The number of carbonyl (C=O) groups excluding carboxylic acids is 2. The van der Waals surface area contributed by atoms with Crippen molar-refractivity contribution < 1.29 is 9.59 Å². The lowest BCUT2D eigenvalue weighted by Crippen LogP contribution is -2.34. The number of nitrogens with zero attached hydrogens (tertiary/aromatic N) is 1. The highest BCUT2D eigenvalue weighted by molar-refractivity contribution is 6.04. The van der Waals surface area contributed by atoms with Crippen LogP contribution in [0.2, 0.25) is 0 Å². The third kappa shape index (κ3) is 4.55. The van der Waals surface area contributed by atoms with Crippen LogP contribution < -0.4 is 10.6 Å². The molecule has 3 aromatic rings. The first-order valence-corrected chi connectivity index (χ1v) is 9.00. The van der Waals surface area contributed by atoms with Crippen LogP contribution in [0, 0.1) is 5.41 Å². The summed E-state index contributed by atoms with van der Waals surface area (Å²) in [5, 5.41) is 6.81. The van der Waals surface area contributed by atoms with Crippen molar-refractivity contribution >= 4 is 22.7 Å². The molecular weight excluding hydrogens is 342 g/mol. The van der Waals surface area contributed by atoms with Crippen molar-refractivity contribution in [2.75, 3.05) is 13.1 Å². The van der Waals surface area contributed by atoms with Crippen molar-refractivity contribution in [1.82, 2.24) is 25.6 Å². The summed E-state index contributed by atoms with van der Waals surface area (Å²) in [6.45, 7) is 7.04. The molecule has 0 saturated carbocycles. The minimum Gasteiger partial charge on any atom is -0.361 e. The molecule has 0 atom stereocenters. The van der Waals surface area contributed by atoms with Gasteiger partial charge < -0.3 is 20.6 Å². The number of amides is 2. The summed E-state index contributed by atoms with van der Waals surface area (Å²) in [6, 6.07) is 8.04. The van der Waals surface area contributed by atoms with Crippen molar-refractivity contribution in [1.29, 1.82) is 0 Å². The molecule has 2 heterocycles. The Labute approximate surface area is 158 Å². The molecule has 0 fully saturated rings. The Morgan fingerprint density at radius 3 is 2.63 bits per heavy atom. The Balaban J connectivity index is 1.59. The standard InChI is InChI=1S/C20H25N5O2/c1-20(2,3)11-23-19(27)17-16(24-12-25-17)18(26)21-9-8-13-10-22-15-7-5-4-6-14(13)15/h4-7,10,12,22H,8-9,11H2,1-3H3,(H,21,26)(H,23,27)(H,24,25). The van der Waals surface area contributed by atoms with Gasteiger partial charge in [-0.15, -0.1) is 0 Å². The zero-order valence-electron chi connectivity index (χ0n) is 15.8.